The van der Waals surface area contributed by atoms with Gasteiger partial charge in [0.05, 0.1) is 10.5 Å². The largest absolute Gasteiger partial charge is 0.366 e. The molecule has 2 amide bonds. The Morgan fingerprint density at radius 3 is 2.19 bits per heavy atom. The second-order valence-corrected chi connectivity index (χ2v) is 8.90. The number of nitrogens with one attached hydrogen (secondary N) is 1. The number of carbonyl (C=O) groups is 2. The third-order valence-electron chi connectivity index (χ3n) is 3.83. The van der Waals surface area contributed by atoms with Crippen LogP contribution >= 0.6 is 11.3 Å². The third kappa shape index (κ3) is 4.24. The van der Waals surface area contributed by atoms with Crippen LogP contribution in [0.4, 0.5) is 5.00 Å². The lowest BCUT2D eigenvalue weighted by molar-refractivity contribution is 0.100. The summed E-state index contributed by atoms with van der Waals surface area (Å²) in [7, 11) is -3.34. The molecule has 0 atom stereocenters. The zero-order valence-corrected chi connectivity index (χ0v) is 15.9. The van der Waals surface area contributed by atoms with Gasteiger partial charge in [-0.15, -0.1) is 11.3 Å². The molecule has 1 aromatic heterocycles. The summed E-state index contributed by atoms with van der Waals surface area (Å²) < 4.78 is 23.0. The summed E-state index contributed by atoms with van der Waals surface area (Å²) in [6.45, 7) is 0. The number of nitrogens with two attached hydrogens (primary N) is 1. The highest BCUT2D eigenvalue weighted by Crippen LogP contribution is 2.35. The number of anilines is 1. The van der Waals surface area contributed by atoms with E-state index < -0.39 is 21.7 Å². The molecule has 0 aliphatic heterocycles. The van der Waals surface area contributed by atoms with E-state index in [9.17, 15) is 18.0 Å². The van der Waals surface area contributed by atoms with Gasteiger partial charge in [-0.05, 0) is 35.9 Å². The van der Waals surface area contributed by atoms with Crippen molar-refractivity contribution in [2.45, 2.75) is 4.90 Å². The summed E-state index contributed by atoms with van der Waals surface area (Å²) in [6.07, 6.45) is 1.10. The van der Waals surface area contributed by atoms with E-state index in [4.69, 9.17) is 5.73 Å². The monoisotopic (exact) mass is 400 g/mol. The molecule has 0 fully saturated rings. The first-order valence-corrected chi connectivity index (χ1v) is 10.6. The van der Waals surface area contributed by atoms with Gasteiger partial charge in [0.2, 0.25) is 0 Å². The normalized spacial score (nSPS) is 11.1. The summed E-state index contributed by atoms with van der Waals surface area (Å²) >= 11 is 1.24. The number of hydrogen-bond donors (Lipinski definition) is 2. The first-order chi connectivity index (χ1) is 12.8. The summed E-state index contributed by atoms with van der Waals surface area (Å²) in [5.41, 5.74) is 6.84. The van der Waals surface area contributed by atoms with Crippen molar-refractivity contribution in [2.75, 3.05) is 11.6 Å². The maximum Gasteiger partial charge on any atom is 0.256 e. The molecule has 0 saturated carbocycles. The molecule has 0 bridgehead atoms. The van der Waals surface area contributed by atoms with E-state index in [-0.39, 0.29) is 16.0 Å². The number of carbonyl (C=O) groups excluding carboxylic acids is 2. The van der Waals surface area contributed by atoms with Crippen LogP contribution in [0.3, 0.4) is 0 Å². The topological polar surface area (TPSA) is 106 Å². The van der Waals surface area contributed by atoms with Gasteiger partial charge < -0.3 is 11.1 Å². The summed E-state index contributed by atoms with van der Waals surface area (Å²) in [5, 5.41) is 3.03. The van der Waals surface area contributed by atoms with Gasteiger partial charge in [0, 0.05) is 16.7 Å². The summed E-state index contributed by atoms with van der Waals surface area (Å²) in [5.74, 6) is -1.10. The van der Waals surface area contributed by atoms with Crippen molar-refractivity contribution in [3.63, 3.8) is 0 Å². The van der Waals surface area contributed by atoms with Gasteiger partial charge in [-0.2, -0.15) is 0 Å². The van der Waals surface area contributed by atoms with E-state index >= 15 is 0 Å². The van der Waals surface area contributed by atoms with Crippen molar-refractivity contribution in [2.24, 2.45) is 5.73 Å². The highest BCUT2D eigenvalue weighted by atomic mass is 32.2. The number of amides is 2. The van der Waals surface area contributed by atoms with Gasteiger partial charge in [-0.3, -0.25) is 9.59 Å². The molecule has 3 aromatic rings. The Labute approximate surface area is 160 Å². The Morgan fingerprint density at radius 2 is 1.63 bits per heavy atom. The molecule has 6 nitrogen and oxygen atoms in total. The fourth-order valence-electron chi connectivity index (χ4n) is 2.44. The molecule has 8 heteroatoms. The number of rotatable bonds is 5. The van der Waals surface area contributed by atoms with E-state index in [2.05, 4.69) is 5.32 Å². The van der Waals surface area contributed by atoms with E-state index in [1.807, 2.05) is 30.3 Å². The second-order valence-electron chi connectivity index (χ2n) is 5.83. The van der Waals surface area contributed by atoms with Crippen LogP contribution < -0.4 is 11.1 Å². The molecule has 2 aromatic carbocycles. The van der Waals surface area contributed by atoms with Crippen LogP contribution in [0.25, 0.3) is 10.4 Å². The van der Waals surface area contributed by atoms with Crippen LogP contribution in [0.15, 0.2) is 65.6 Å². The fourth-order valence-corrected chi connectivity index (χ4v) is 4.13. The Morgan fingerprint density at radius 1 is 1.00 bits per heavy atom. The van der Waals surface area contributed by atoms with Gasteiger partial charge >= 0.3 is 0 Å². The van der Waals surface area contributed by atoms with Gasteiger partial charge in [0.15, 0.2) is 9.84 Å². The summed E-state index contributed by atoms with van der Waals surface area (Å²) in [4.78, 5) is 25.2. The van der Waals surface area contributed by atoms with Crippen LogP contribution in [0.2, 0.25) is 0 Å². The number of benzene rings is 2. The SMILES string of the molecule is CS(=O)(=O)c1ccc(C(=O)Nc2sc(-c3ccccc3)cc2C(N)=O)cc1. The van der Waals surface area contributed by atoms with Crippen LogP contribution in [0.1, 0.15) is 20.7 Å². The van der Waals surface area contributed by atoms with Crippen molar-refractivity contribution in [1.29, 1.82) is 0 Å². The maximum atomic E-state index is 12.5. The van der Waals surface area contributed by atoms with Crippen molar-refractivity contribution in [3.05, 3.63) is 71.8 Å². The minimum Gasteiger partial charge on any atom is -0.366 e. The minimum absolute atomic E-state index is 0.124. The molecule has 138 valence electrons. The van der Waals surface area contributed by atoms with E-state index in [1.54, 1.807) is 6.07 Å². The molecule has 0 radical (unpaired) electrons. The predicted octanol–water partition coefficient (Wildman–Crippen LogP) is 3.17. The zero-order chi connectivity index (χ0) is 19.6. The summed E-state index contributed by atoms with van der Waals surface area (Å²) in [6, 6.07) is 16.6. The lowest BCUT2D eigenvalue weighted by atomic mass is 10.1. The molecule has 0 unspecified atom stereocenters. The molecule has 0 aliphatic carbocycles. The first kappa shape index (κ1) is 18.8. The number of thiophene rings is 1. The van der Waals surface area contributed by atoms with Crippen molar-refractivity contribution < 1.29 is 18.0 Å². The van der Waals surface area contributed by atoms with Gasteiger partial charge in [0.1, 0.15) is 5.00 Å². The lowest BCUT2D eigenvalue weighted by Gasteiger charge is -2.05. The predicted molar refractivity (Wildman–Crippen MR) is 106 cm³/mol. The van der Waals surface area contributed by atoms with Crippen LogP contribution in [0.5, 0.6) is 0 Å². The van der Waals surface area contributed by atoms with E-state index in [0.29, 0.717) is 5.00 Å². The van der Waals surface area contributed by atoms with Crippen LogP contribution in [-0.4, -0.2) is 26.5 Å². The minimum atomic E-state index is -3.34. The van der Waals surface area contributed by atoms with Crippen molar-refractivity contribution in [3.8, 4) is 10.4 Å². The number of sulfone groups is 1. The second kappa shape index (κ2) is 7.34. The van der Waals surface area contributed by atoms with Gasteiger partial charge in [-0.25, -0.2) is 8.42 Å². The molecular formula is C19H16N2O4S2. The maximum absolute atomic E-state index is 12.5. The van der Waals surface area contributed by atoms with Gasteiger partial charge in [0.25, 0.3) is 11.8 Å². The smallest absolute Gasteiger partial charge is 0.256 e. The first-order valence-electron chi connectivity index (χ1n) is 7.86. The fraction of sp³-hybridized carbons (Fsp3) is 0.0526. The quantitative estimate of drug-likeness (QED) is 0.686. The van der Waals surface area contributed by atoms with E-state index in [1.165, 1.54) is 35.6 Å². The molecule has 3 rings (SSSR count). The highest BCUT2D eigenvalue weighted by Gasteiger charge is 2.18. The lowest BCUT2D eigenvalue weighted by Crippen LogP contribution is -2.16. The Bertz CT molecular complexity index is 1100. The van der Waals surface area contributed by atoms with Crippen molar-refractivity contribution in [1.82, 2.24) is 0 Å². The molecule has 0 saturated heterocycles. The Hall–Kier alpha value is -2.97. The molecule has 1 heterocycles. The van der Waals surface area contributed by atoms with Crippen molar-refractivity contribution >= 4 is 38.0 Å². The van der Waals surface area contributed by atoms with Gasteiger partial charge in [-0.1, -0.05) is 30.3 Å². The molecule has 0 spiro atoms. The molecule has 0 aliphatic rings. The Kier molecular flexibility index (Phi) is 5.11. The highest BCUT2D eigenvalue weighted by molar-refractivity contribution is 7.90. The number of hydrogen-bond acceptors (Lipinski definition) is 5. The average molecular weight is 400 g/mol. The zero-order valence-electron chi connectivity index (χ0n) is 14.3. The molecular weight excluding hydrogens is 384 g/mol. The molecule has 3 N–H and O–H groups in total. The van der Waals surface area contributed by atoms with Crippen LogP contribution in [-0.2, 0) is 9.84 Å². The third-order valence-corrected chi connectivity index (χ3v) is 6.06. The van der Waals surface area contributed by atoms with E-state index in [0.717, 1.165) is 16.7 Å². The number of primary amides is 1. The average Bonchev–Trinajstić information content (AvgIpc) is 3.06. The molecule has 27 heavy (non-hydrogen) atoms. The Balaban J connectivity index is 1.89. The standard InChI is InChI=1S/C19H16N2O4S2/c1-27(24,25)14-9-7-13(8-10-14)18(23)21-19-15(17(20)22)11-16(26-19)12-5-3-2-4-6-12/h2-11H,1H3,(H2,20,22)(H,21,23). The van der Waals surface area contributed by atoms with Crippen LogP contribution in [0, 0.1) is 0 Å².